The summed E-state index contributed by atoms with van der Waals surface area (Å²) in [7, 11) is 3.63. The van der Waals surface area contributed by atoms with Crippen LogP contribution in [0.2, 0.25) is 0 Å². The molecule has 108 valence electrons. The Labute approximate surface area is 120 Å². The van der Waals surface area contributed by atoms with Gasteiger partial charge in [-0.05, 0) is 19.2 Å². The van der Waals surface area contributed by atoms with Crippen LogP contribution >= 0.6 is 0 Å². The Bertz CT molecular complexity index is 531. The number of methoxy groups -OCH3 is 1. The summed E-state index contributed by atoms with van der Waals surface area (Å²) in [5.74, 6) is 0. The van der Waals surface area contributed by atoms with Gasteiger partial charge in [-0.15, -0.1) is 0 Å². The molecule has 1 aromatic heterocycles. The van der Waals surface area contributed by atoms with Gasteiger partial charge >= 0.3 is 0 Å². The van der Waals surface area contributed by atoms with Crippen LogP contribution in [0.3, 0.4) is 0 Å². The second-order valence-electron chi connectivity index (χ2n) is 4.75. The van der Waals surface area contributed by atoms with E-state index in [2.05, 4.69) is 28.5 Å². The molecule has 1 unspecified atom stereocenters. The fraction of sp³-hybridized carbons (Fsp3) is 0.438. The Morgan fingerprint density at radius 2 is 2.00 bits per heavy atom. The fourth-order valence-corrected chi connectivity index (χ4v) is 2.09. The van der Waals surface area contributed by atoms with E-state index in [1.54, 1.807) is 7.11 Å². The van der Waals surface area contributed by atoms with Gasteiger partial charge in [0.1, 0.15) is 0 Å². The number of nitrogens with zero attached hydrogens (tertiary/aromatic N) is 1. The number of rotatable bonds is 8. The van der Waals surface area contributed by atoms with Gasteiger partial charge in [-0.25, -0.2) is 0 Å². The van der Waals surface area contributed by atoms with E-state index in [-0.39, 0.29) is 6.04 Å². The lowest BCUT2D eigenvalue weighted by Crippen LogP contribution is -2.33. The maximum atomic E-state index is 5.57. The molecule has 0 radical (unpaired) electrons. The van der Waals surface area contributed by atoms with E-state index < -0.39 is 0 Å². The SMILES string of the molecule is CNC(COCCOC)Cc1ccc2ccccc2n1. The first-order valence-corrected chi connectivity index (χ1v) is 6.92. The van der Waals surface area contributed by atoms with Crippen molar-refractivity contribution in [2.45, 2.75) is 12.5 Å². The maximum Gasteiger partial charge on any atom is 0.0705 e. The first-order valence-electron chi connectivity index (χ1n) is 6.92. The van der Waals surface area contributed by atoms with Crippen molar-refractivity contribution in [3.05, 3.63) is 42.1 Å². The molecule has 0 spiro atoms. The van der Waals surface area contributed by atoms with Gasteiger partial charge in [0.25, 0.3) is 0 Å². The highest BCUT2D eigenvalue weighted by molar-refractivity contribution is 5.78. The summed E-state index contributed by atoms with van der Waals surface area (Å²) in [4.78, 5) is 4.69. The number of benzene rings is 1. The Morgan fingerprint density at radius 1 is 1.15 bits per heavy atom. The average Bonchev–Trinajstić information content (AvgIpc) is 2.50. The Balaban J connectivity index is 1.94. The Hall–Kier alpha value is -1.49. The van der Waals surface area contributed by atoms with E-state index in [1.165, 1.54) is 5.39 Å². The van der Waals surface area contributed by atoms with Gasteiger partial charge in [0.15, 0.2) is 0 Å². The van der Waals surface area contributed by atoms with Crippen LogP contribution in [-0.2, 0) is 15.9 Å². The highest BCUT2D eigenvalue weighted by Gasteiger charge is 2.09. The van der Waals surface area contributed by atoms with Crippen molar-refractivity contribution in [2.75, 3.05) is 34.0 Å². The first-order chi connectivity index (χ1) is 9.83. The molecule has 1 aromatic carbocycles. The minimum atomic E-state index is 0.264. The predicted molar refractivity (Wildman–Crippen MR) is 81.0 cm³/mol. The van der Waals surface area contributed by atoms with Crippen LogP contribution in [0.5, 0.6) is 0 Å². The number of nitrogens with one attached hydrogen (secondary N) is 1. The smallest absolute Gasteiger partial charge is 0.0705 e. The molecule has 1 N–H and O–H groups in total. The summed E-state index contributed by atoms with van der Waals surface area (Å²) in [5.41, 5.74) is 2.12. The third kappa shape index (κ3) is 4.27. The maximum absolute atomic E-state index is 5.57. The minimum absolute atomic E-state index is 0.264. The number of likely N-dealkylation sites (N-methyl/N-ethyl adjacent to an activating group) is 1. The van der Waals surface area contributed by atoms with E-state index in [0.29, 0.717) is 19.8 Å². The van der Waals surface area contributed by atoms with Gasteiger partial charge in [-0.2, -0.15) is 0 Å². The van der Waals surface area contributed by atoms with Crippen molar-refractivity contribution in [2.24, 2.45) is 0 Å². The summed E-state index contributed by atoms with van der Waals surface area (Å²) in [6.45, 7) is 1.92. The van der Waals surface area contributed by atoms with Crippen LogP contribution in [0.25, 0.3) is 10.9 Å². The summed E-state index contributed by atoms with van der Waals surface area (Å²) in [6, 6.07) is 12.6. The molecule has 4 heteroatoms. The third-order valence-electron chi connectivity index (χ3n) is 3.27. The van der Waals surface area contributed by atoms with Crippen molar-refractivity contribution < 1.29 is 9.47 Å². The molecule has 0 amide bonds. The van der Waals surface area contributed by atoms with Gasteiger partial charge < -0.3 is 14.8 Å². The molecule has 2 rings (SSSR count). The van der Waals surface area contributed by atoms with Crippen LogP contribution in [0.15, 0.2) is 36.4 Å². The first kappa shape index (κ1) is 14.9. The fourth-order valence-electron chi connectivity index (χ4n) is 2.09. The topological polar surface area (TPSA) is 43.4 Å². The molecule has 1 heterocycles. The minimum Gasteiger partial charge on any atom is -0.382 e. The van der Waals surface area contributed by atoms with Gasteiger partial charge in [0, 0.05) is 30.7 Å². The zero-order valence-corrected chi connectivity index (χ0v) is 12.1. The molecule has 0 aliphatic carbocycles. The van der Waals surface area contributed by atoms with Crippen molar-refractivity contribution in [3.63, 3.8) is 0 Å². The number of hydrogen-bond acceptors (Lipinski definition) is 4. The van der Waals surface area contributed by atoms with E-state index in [1.807, 2.05) is 25.2 Å². The molecule has 1 atom stereocenters. The molecule has 0 aliphatic heterocycles. The second kappa shape index (κ2) is 7.94. The molecule has 0 bridgehead atoms. The summed E-state index contributed by atoms with van der Waals surface area (Å²) in [6.07, 6.45) is 0.855. The Morgan fingerprint density at radius 3 is 2.80 bits per heavy atom. The van der Waals surface area contributed by atoms with Crippen LogP contribution in [0.4, 0.5) is 0 Å². The molecule has 2 aromatic rings. The molecular weight excluding hydrogens is 252 g/mol. The van der Waals surface area contributed by atoms with Crippen LogP contribution < -0.4 is 5.32 Å². The number of aromatic nitrogens is 1. The van der Waals surface area contributed by atoms with Gasteiger partial charge in [0.05, 0.1) is 25.3 Å². The van der Waals surface area contributed by atoms with Crippen LogP contribution in [-0.4, -0.2) is 45.0 Å². The highest BCUT2D eigenvalue weighted by Crippen LogP contribution is 2.12. The molecule has 0 fully saturated rings. The normalized spacial score (nSPS) is 12.7. The zero-order chi connectivity index (χ0) is 14.2. The molecule has 0 saturated heterocycles. The zero-order valence-electron chi connectivity index (χ0n) is 12.1. The largest absolute Gasteiger partial charge is 0.382 e. The number of pyridine rings is 1. The van der Waals surface area contributed by atoms with Crippen molar-refractivity contribution in [1.29, 1.82) is 0 Å². The van der Waals surface area contributed by atoms with E-state index >= 15 is 0 Å². The lowest BCUT2D eigenvalue weighted by Gasteiger charge is -2.16. The molecule has 20 heavy (non-hydrogen) atoms. The van der Waals surface area contributed by atoms with Crippen LogP contribution in [0, 0.1) is 0 Å². The standard InChI is InChI=1S/C16H22N2O2/c1-17-15(12-20-10-9-19-2)11-14-8-7-13-5-3-4-6-16(13)18-14/h3-8,15,17H,9-12H2,1-2H3. The number of ether oxygens (including phenoxy) is 2. The summed E-state index contributed by atoms with van der Waals surface area (Å²) in [5, 5.41) is 4.44. The lowest BCUT2D eigenvalue weighted by molar-refractivity contribution is 0.0596. The van der Waals surface area contributed by atoms with Crippen LogP contribution in [0.1, 0.15) is 5.69 Å². The van der Waals surface area contributed by atoms with Gasteiger partial charge in [-0.3, -0.25) is 4.98 Å². The second-order valence-corrected chi connectivity index (χ2v) is 4.75. The average molecular weight is 274 g/mol. The molecular formula is C16H22N2O2. The van der Waals surface area contributed by atoms with Gasteiger partial charge in [0.2, 0.25) is 0 Å². The lowest BCUT2D eigenvalue weighted by atomic mass is 10.1. The number of hydrogen-bond donors (Lipinski definition) is 1. The monoisotopic (exact) mass is 274 g/mol. The molecule has 0 saturated carbocycles. The van der Waals surface area contributed by atoms with Crippen molar-refractivity contribution in [3.8, 4) is 0 Å². The number of fused-ring (bicyclic) bond motifs is 1. The summed E-state index contributed by atoms with van der Waals surface area (Å²) >= 11 is 0. The summed E-state index contributed by atoms with van der Waals surface area (Å²) < 4.78 is 10.5. The molecule has 4 nitrogen and oxygen atoms in total. The van der Waals surface area contributed by atoms with Crippen molar-refractivity contribution in [1.82, 2.24) is 10.3 Å². The van der Waals surface area contributed by atoms with E-state index in [0.717, 1.165) is 17.6 Å². The third-order valence-corrected chi connectivity index (χ3v) is 3.27. The van der Waals surface area contributed by atoms with E-state index in [4.69, 9.17) is 9.47 Å². The Kier molecular flexibility index (Phi) is 5.92. The highest BCUT2D eigenvalue weighted by atomic mass is 16.5. The predicted octanol–water partition coefficient (Wildman–Crippen LogP) is 2.03. The van der Waals surface area contributed by atoms with E-state index in [9.17, 15) is 0 Å². The molecule has 0 aliphatic rings. The van der Waals surface area contributed by atoms with Crippen molar-refractivity contribution >= 4 is 10.9 Å². The quantitative estimate of drug-likeness (QED) is 0.748. The number of para-hydroxylation sites is 1. The van der Waals surface area contributed by atoms with Gasteiger partial charge in [-0.1, -0.05) is 24.3 Å².